The van der Waals surface area contributed by atoms with Crippen LogP contribution in [-0.4, -0.2) is 42.1 Å². The van der Waals surface area contributed by atoms with Crippen molar-refractivity contribution in [3.8, 4) is 0 Å². The van der Waals surface area contributed by atoms with Gasteiger partial charge in [0.15, 0.2) is 0 Å². The molecule has 2 heterocycles. The molecule has 2 aliphatic heterocycles. The molecule has 1 atom stereocenters. The molecule has 2 saturated heterocycles. The molecule has 18 heavy (non-hydrogen) atoms. The van der Waals surface area contributed by atoms with Crippen LogP contribution in [0.15, 0.2) is 0 Å². The number of hydrogen-bond donors (Lipinski definition) is 1. The number of carbonyl (C=O) groups excluding carboxylic acids is 1. The molecule has 0 spiro atoms. The number of ether oxygens (including phenoxy) is 1. The van der Waals surface area contributed by atoms with Crippen LogP contribution in [0.25, 0.3) is 0 Å². The highest BCUT2D eigenvalue weighted by Crippen LogP contribution is 2.26. The zero-order valence-electron chi connectivity index (χ0n) is 11.5. The number of carbonyl (C=O) groups is 1. The summed E-state index contributed by atoms with van der Waals surface area (Å²) < 4.78 is 5.33. The third-order valence-electron chi connectivity index (χ3n) is 4.42. The van der Waals surface area contributed by atoms with Crippen LogP contribution < -0.4 is 5.73 Å². The standard InChI is InChI=1S/C14H26N2O2/c1-2-12-6-4-3-5-9-16(12)13(17)14(15)7-10-18-11-8-14/h12H,2-11,15H2,1H3. The Hall–Kier alpha value is -0.610. The summed E-state index contributed by atoms with van der Waals surface area (Å²) in [4.78, 5) is 14.8. The fraction of sp³-hybridized carbons (Fsp3) is 0.929. The monoisotopic (exact) mass is 254 g/mol. The summed E-state index contributed by atoms with van der Waals surface area (Å²) in [6.07, 6.45) is 7.10. The highest BCUT2D eigenvalue weighted by molar-refractivity contribution is 5.86. The first kappa shape index (κ1) is 13.8. The molecule has 2 aliphatic rings. The third kappa shape index (κ3) is 2.86. The van der Waals surface area contributed by atoms with Crippen LogP contribution in [0.2, 0.25) is 0 Å². The Morgan fingerprint density at radius 3 is 2.72 bits per heavy atom. The molecule has 2 rings (SSSR count). The minimum atomic E-state index is -0.671. The second-order valence-corrected chi connectivity index (χ2v) is 5.68. The van der Waals surface area contributed by atoms with Crippen molar-refractivity contribution in [1.29, 1.82) is 0 Å². The van der Waals surface area contributed by atoms with E-state index in [-0.39, 0.29) is 5.91 Å². The molecular formula is C14H26N2O2. The van der Waals surface area contributed by atoms with E-state index >= 15 is 0 Å². The summed E-state index contributed by atoms with van der Waals surface area (Å²) in [5, 5.41) is 0. The van der Waals surface area contributed by atoms with E-state index in [0.29, 0.717) is 32.1 Å². The van der Waals surface area contributed by atoms with Crippen molar-refractivity contribution in [2.24, 2.45) is 5.73 Å². The molecule has 2 N–H and O–H groups in total. The van der Waals surface area contributed by atoms with E-state index in [0.717, 1.165) is 25.8 Å². The van der Waals surface area contributed by atoms with Gasteiger partial charge in [-0.05, 0) is 32.1 Å². The molecule has 4 heteroatoms. The van der Waals surface area contributed by atoms with Gasteiger partial charge in [0.25, 0.3) is 0 Å². The van der Waals surface area contributed by atoms with E-state index in [1.807, 2.05) is 0 Å². The van der Waals surface area contributed by atoms with E-state index in [2.05, 4.69) is 11.8 Å². The van der Waals surface area contributed by atoms with E-state index in [1.165, 1.54) is 12.8 Å². The van der Waals surface area contributed by atoms with Crippen molar-refractivity contribution < 1.29 is 9.53 Å². The Morgan fingerprint density at radius 2 is 2.06 bits per heavy atom. The molecule has 0 aromatic rings. The number of likely N-dealkylation sites (tertiary alicyclic amines) is 1. The van der Waals surface area contributed by atoms with Crippen LogP contribution >= 0.6 is 0 Å². The summed E-state index contributed by atoms with van der Waals surface area (Å²) >= 11 is 0. The zero-order chi connectivity index (χ0) is 13.0. The number of nitrogens with zero attached hydrogens (tertiary/aromatic N) is 1. The minimum Gasteiger partial charge on any atom is -0.381 e. The van der Waals surface area contributed by atoms with Gasteiger partial charge in [0.1, 0.15) is 0 Å². The van der Waals surface area contributed by atoms with Crippen molar-refractivity contribution >= 4 is 5.91 Å². The lowest BCUT2D eigenvalue weighted by Crippen LogP contribution is -2.59. The van der Waals surface area contributed by atoms with Gasteiger partial charge in [-0.2, -0.15) is 0 Å². The second-order valence-electron chi connectivity index (χ2n) is 5.68. The van der Waals surface area contributed by atoms with Gasteiger partial charge in [-0.1, -0.05) is 19.8 Å². The maximum Gasteiger partial charge on any atom is 0.243 e. The first-order valence-corrected chi connectivity index (χ1v) is 7.35. The first-order chi connectivity index (χ1) is 8.67. The lowest BCUT2D eigenvalue weighted by atomic mass is 9.89. The second kappa shape index (κ2) is 6.02. The largest absolute Gasteiger partial charge is 0.381 e. The normalized spacial score (nSPS) is 28.8. The van der Waals surface area contributed by atoms with Gasteiger partial charge in [0.2, 0.25) is 5.91 Å². The molecule has 0 aromatic carbocycles. The number of nitrogens with two attached hydrogens (primary N) is 1. The van der Waals surface area contributed by atoms with Crippen molar-refractivity contribution in [2.45, 2.75) is 63.5 Å². The van der Waals surface area contributed by atoms with E-state index in [4.69, 9.17) is 10.5 Å². The van der Waals surface area contributed by atoms with Crippen LogP contribution in [0.1, 0.15) is 51.9 Å². The summed E-state index contributed by atoms with van der Waals surface area (Å²) in [5.41, 5.74) is 5.66. The number of rotatable bonds is 2. The van der Waals surface area contributed by atoms with Gasteiger partial charge in [-0.3, -0.25) is 4.79 Å². The minimum absolute atomic E-state index is 0.166. The van der Waals surface area contributed by atoms with Crippen molar-refractivity contribution in [3.05, 3.63) is 0 Å². The molecule has 0 radical (unpaired) electrons. The highest BCUT2D eigenvalue weighted by Gasteiger charge is 2.40. The lowest BCUT2D eigenvalue weighted by Gasteiger charge is -2.39. The first-order valence-electron chi connectivity index (χ1n) is 7.35. The molecule has 0 aliphatic carbocycles. The Bertz CT molecular complexity index is 288. The number of amides is 1. The Kier molecular flexibility index (Phi) is 4.62. The van der Waals surface area contributed by atoms with Gasteiger partial charge in [-0.15, -0.1) is 0 Å². The topological polar surface area (TPSA) is 55.6 Å². The van der Waals surface area contributed by atoms with E-state index in [9.17, 15) is 4.79 Å². The average Bonchev–Trinajstić information content (AvgIpc) is 2.63. The van der Waals surface area contributed by atoms with Crippen molar-refractivity contribution in [3.63, 3.8) is 0 Å². The van der Waals surface area contributed by atoms with Gasteiger partial charge < -0.3 is 15.4 Å². The average molecular weight is 254 g/mol. The van der Waals surface area contributed by atoms with Crippen LogP contribution in [0.3, 0.4) is 0 Å². The Balaban J connectivity index is 2.09. The van der Waals surface area contributed by atoms with Gasteiger partial charge in [0.05, 0.1) is 5.54 Å². The van der Waals surface area contributed by atoms with Gasteiger partial charge in [0, 0.05) is 25.8 Å². The SMILES string of the molecule is CCC1CCCCCN1C(=O)C1(N)CCOCC1. The molecule has 2 fully saturated rings. The maximum atomic E-state index is 12.7. The fourth-order valence-electron chi connectivity index (χ4n) is 3.10. The molecule has 0 bridgehead atoms. The summed E-state index contributed by atoms with van der Waals surface area (Å²) in [6.45, 7) is 4.29. The third-order valence-corrected chi connectivity index (χ3v) is 4.42. The van der Waals surface area contributed by atoms with E-state index in [1.54, 1.807) is 0 Å². The lowest BCUT2D eigenvalue weighted by molar-refractivity contribution is -0.143. The summed E-state index contributed by atoms with van der Waals surface area (Å²) in [7, 11) is 0. The molecule has 104 valence electrons. The van der Waals surface area contributed by atoms with Crippen LogP contribution in [-0.2, 0) is 9.53 Å². The predicted octanol–water partition coefficient (Wildman–Crippen LogP) is 1.68. The van der Waals surface area contributed by atoms with Crippen molar-refractivity contribution in [1.82, 2.24) is 4.90 Å². The summed E-state index contributed by atoms with van der Waals surface area (Å²) in [5.74, 6) is 0.166. The highest BCUT2D eigenvalue weighted by atomic mass is 16.5. The number of hydrogen-bond acceptors (Lipinski definition) is 3. The van der Waals surface area contributed by atoms with Gasteiger partial charge in [-0.25, -0.2) is 0 Å². The summed E-state index contributed by atoms with van der Waals surface area (Å²) in [6, 6.07) is 0.392. The fourth-order valence-corrected chi connectivity index (χ4v) is 3.10. The Morgan fingerprint density at radius 1 is 1.33 bits per heavy atom. The van der Waals surface area contributed by atoms with Gasteiger partial charge >= 0.3 is 0 Å². The molecule has 1 amide bonds. The molecule has 0 saturated carbocycles. The molecule has 0 aromatic heterocycles. The Labute approximate surface area is 110 Å². The maximum absolute atomic E-state index is 12.7. The van der Waals surface area contributed by atoms with Crippen LogP contribution in [0, 0.1) is 0 Å². The van der Waals surface area contributed by atoms with Crippen molar-refractivity contribution in [2.75, 3.05) is 19.8 Å². The molecule has 4 nitrogen and oxygen atoms in total. The van der Waals surface area contributed by atoms with Crippen LogP contribution in [0.5, 0.6) is 0 Å². The van der Waals surface area contributed by atoms with Crippen LogP contribution in [0.4, 0.5) is 0 Å². The van der Waals surface area contributed by atoms with E-state index < -0.39 is 5.54 Å². The molecular weight excluding hydrogens is 228 g/mol. The smallest absolute Gasteiger partial charge is 0.243 e. The predicted molar refractivity (Wildman–Crippen MR) is 71.2 cm³/mol. The zero-order valence-corrected chi connectivity index (χ0v) is 11.5. The quantitative estimate of drug-likeness (QED) is 0.815. The molecule has 1 unspecified atom stereocenters.